The van der Waals surface area contributed by atoms with Crippen molar-refractivity contribution in [1.82, 2.24) is 0 Å². The van der Waals surface area contributed by atoms with Crippen LogP contribution in [0.15, 0.2) is 24.3 Å². The number of benzene rings is 1. The van der Waals surface area contributed by atoms with Gasteiger partial charge in [-0.25, -0.2) is 0 Å². The number of hydrogen-bond acceptors (Lipinski definition) is 4. The number of aliphatic hydroxyl groups is 1. The van der Waals surface area contributed by atoms with E-state index < -0.39 is 15.6 Å². The minimum Gasteiger partial charge on any atom is -0.399 e. The fourth-order valence-electron chi connectivity index (χ4n) is 0.833. The standard InChI is InChI=1S/C7H9NO4S.Na/c8-6-3-1-5(2-4-6)7(9)13(10,11)12;/h1-4,7,9H,8H2,(H,10,11,12);/q;+1. The number of rotatable bonds is 2. The summed E-state index contributed by atoms with van der Waals surface area (Å²) in [5, 5.41) is 9.07. The molecule has 0 heterocycles. The van der Waals surface area contributed by atoms with Crippen molar-refractivity contribution in [3.8, 4) is 0 Å². The zero-order valence-corrected chi connectivity index (χ0v) is 10.4. The average molecular weight is 226 g/mol. The molecule has 0 saturated carbocycles. The molecule has 1 aromatic rings. The van der Waals surface area contributed by atoms with Crippen LogP contribution in [0.4, 0.5) is 5.69 Å². The molecule has 0 saturated heterocycles. The minimum atomic E-state index is -4.45. The summed E-state index contributed by atoms with van der Waals surface area (Å²) in [5.74, 6) is 0. The van der Waals surface area contributed by atoms with E-state index in [9.17, 15) is 8.42 Å². The fourth-order valence-corrected chi connectivity index (χ4v) is 1.33. The Hall–Kier alpha value is -0.110. The van der Waals surface area contributed by atoms with Crippen LogP contribution in [0.2, 0.25) is 0 Å². The van der Waals surface area contributed by atoms with E-state index in [0.717, 1.165) is 0 Å². The van der Waals surface area contributed by atoms with Crippen molar-refractivity contribution in [2.24, 2.45) is 0 Å². The van der Waals surface area contributed by atoms with Crippen LogP contribution < -0.4 is 35.3 Å². The zero-order valence-electron chi connectivity index (χ0n) is 7.58. The Bertz CT molecular complexity index is 389. The van der Waals surface area contributed by atoms with Gasteiger partial charge in [-0.15, -0.1) is 0 Å². The maximum Gasteiger partial charge on any atom is 1.00 e. The van der Waals surface area contributed by atoms with E-state index >= 15 is 0 Å². The Morgan fingerprint density at radius 3 is 2.00 bits per heavy atom. The Labute approximate surface area is 104 Å². The molecule has 1 atom stereocenters. The topological polar surface area (TPSA) is 101 Å². The third-order valence-corrected chi connectivity index (χ3v) is 2.34. The summed E-state index contributed by atoms with van der Waals surface area (Å²) in [7, 11) is -4.45. The summed E-state index contributed by atoms with van der Waals surface area (Å²) >= 11 is 0. The predicted octanol–water partition coefficient (Wildman–Crippen LogP) is -2.85. The molecule has 0 aliphatic heterocycles. The van der Waals surface area contributed by atoms with Gasteiger partial charge < -0.3 is 10.8 Å². The Morgan fingerprint density at radius 2 is 1.64 bits per heavy atom. The molecule has 1 aromatic carbocycles. The van der Waals surface area contributed by atoms with E-state index in [0.29, 0.717) is 5.69 Å². The first-order chi connectivity index (χ1) is 5.91. The van der Waals surface area contributed by atoms with Crippen molar-refractivity contribution in [1.29, 1.82) is 0 Å². The van der Waals surface area contributed by atoms with Crippen molar-refractivity contribution in [2.45, 2.75) is 5.44 Å². The number of anilines is 1. The first-order valence-corrected chi connectivity index (χ1v) is 4.91. The van der Waals surface area contributed by atoms with Gasteiger partial charge in [0.25, 0.3) is 10.1 Å². The van der Waals surface area contributed by atoms with Gasteiger partial charge in [-0.2, -0.15) is 8.42 Å². The molecule has 0 radical (unpaired) electrons. The first-order valence-electron chi connectivity index (χ1n) is 3.41. The van der Waals surface area contributed by atoms with Crippen LogP contribution in [0.5, 0.6) is 0 Å². The molecule has 1 rings (SSSR count). The predicted molar refractivity (Wildman–Crippen MR) is 47.4 cm³/mol. The van der Waals surface area contributed by atoms with Crippen molar-refractivity contribution in [3.63, 3.8) is 0 Å². The summed E-state index contributed by atoms with van der Waals surface area (Å²) in [5.41, 5.74) is 3.96. The molecule has 0 amide bonds. The molecular weight excluding hydrogens is 217 g/mol. The Balaban J connectivity index is 0.00000169. The van der Waals surface area contributed by atoms with E-state index in [1.54, 1.807) is 0 Å². The zero-order chi connectivity index (χ0) is 10.1. The van der Waals surface area contributed by atoms with E-state index in [-0.39, 0.29) is 35.1 Å². The fraction of sp³-hybridized carbons (Fsp3) is 0.143. The second-order valence-corrected chi connectivity index (χ2v) is 4.01. The maximum atomic E-state index is 10.5. The number of nitrogens with two attached hydrogens (primary N) is 1. The van der Waals surface area contributed by atoms with Gasteiger partial charge in [0.2, 0.25) is 5.44 Å². The summed E-state index contributed by atoms with van der Waals surface area (Å²) in [6.07, 6.45) is 0. The number of nitrogen functional groups attached to an aromatic ring is 1. The van der Waals surface area contributed by atoms with Crippen molar-refractivity contribution in [3.05, 3.63) is 29.8 Å². The molecule has 0 aliphatic rings. The second kappa shape index (κ2) is 5.11. The smallest absolute Gasteiger partial charge is 0.399 e. The molecule has 0 aliphatic carbocycles. The molecule has 0 aromatic heterocycles. The number of aliphatic hydroxyl groups excluding tert-OH is 1. The van der Waals surface area contributed by atoms with Crippen molar-refractivity contribution >= 4 is 15.8 Å². The van der Waals surface area contributed by atoms with Gasteiger partial charge in [-0.05, 0) is 17.7 Å². The Morgan fingerprint density at radius 1 is 1.21 bits per heavy atom. The molecule has 72 valence electrons. The SMILES string of the molecule is Nc1ccc(C(O)S(=O)(=O)O)cc1.[Na+]. The van der Waals surface area contributed by atoms with Crippen LogP contribution in [0.3, 0.4) is 0 Å². The summed E-state index contributed by atoms with van der Waals surface area (Å²) in [6.45, 7) is 0. The van der Waals surface area contributed by atoms with Gasteiger partial charge >= 0.3 is 29.6 Å². The van der Waals surface area contributed by atoms with E-state index in [2.05, 4.69) is 0 Å². The van der Waals surface area contributed by atoms with Crippen LogP contribution in [-0.4, -0.2) is 18.1 Å². The molecular formula is C7H9NNaO4S+. The van der Waals surface area contributed by atoms with Crippen molar-refractivity contribution < 1.29 is 47.6 Å². The largest absolute Gasteiger partial charge is 1.00 e. The van der Waals surface area contributed by atoms with Crippen molar-refractivity contribution in [2.75, 3.05) is 5.73 Å². The second-order valence-electron chi connectivity index (χ2n) is 2.53. The van der Waals surface area contributed by atoms with Gasteiger partial charge in [0, 0.05) is 5.69 Å². The van der Waals surface area contributed by atoms with E-state index in [1.165, 1.54) is 24.3 Å². The van der Waals surface area contributed by atoms with Crippen LogP contribution in [-0.2, 0) is 10.1 Å². The molecule has 4 N–H and O–H groups in total. The Kier molecular flexibility index (Phi) is 5.07. The van der Waals surface area contributed by atoms with Gasteiger partial charge in [-0.1, -0.05) is 12.1 Å². The number of hydrogen-bond donors (Lipinski definition) is 3. The maximum absolute atomic E-state index is 10.5. The van der Waals surface area contributed by atoms with Crippen LogP contribution in [0.25, 0.3) is 0 Å². The molecule has 5 nitrogen and oxygen atoms in total. The monoisotopic (exact) mass is 226 g/mol. The quantitative estimate of drug-likeness (QED) is 0.286. The van der Waals surface area contributed by atoms with Crippen LogP contribution >= 0.6 is 0 Å². The van der Waals surface area contributed by atoms with Gasteiger partial charge in [0.05, 0.1) is 0 Å². The van der Waals surface area contributed by atoms with Gasteiger partial charge in [0.1, 0.15) is 0 Å². The summed E-state index contributed by atoms with van der Waals surface area (Å²) in [4.78, 5) is 0. The molecule has 0 bridgehead atoms. The molecule has 0 fully saturated rings. The third-order valence-electron chi connectivity index (χ3n) is 1.50. The van der Waals surface area contributed by atoms with Crippen LogP contribution in [0.1, 0.15) is 11.0 Å². The van der Waals surface area contributed by atoms with E-state index in [1.807, 2.05) is 0 Å². The average Bonchev–Trinajstić information content (AvgIpc) is 2.03. The normalized spacial score (nSPS) is 13.0. The van der Waals surface area contributed by atoms with Gasteiger partial charge in [-0.3, -0.25) is 4.55 Å². The third kappa shape index (κ3) is 3.56. The molecule has 14 heavy (non-hydrogen) atoms. The first kappa shape index (κ1) is 13.9. The molecule has 1 unspecified atom stereocenters. The molecule has 7 heteroatoms. The summed E-state index contributed by atoms with van der Waals surface area (Å²) < 4.78 is 29.5. The van der Waals surface area contributed by atoms with E-state index in [4.69, 9.17) is 15.4 Å². The van der Waals surface area contributed by atoms with Crippen LogP contribution in [0, 0.1) is 0 Å². The molecule has 0 spiro atoms. The summed E-state index contributed by atoms with van der Waals surface area (Å²) in [6, 6.07) is 5.52. The van der Waals surface area contributed by atoms with Gasteiger partial charge in [0.15, 0.2) is 0 Å². The minimum absolute atomic E-state index is 0.